The number of pyridine rings is 2. The summed E-state index contributed by atoms with van der Waals surface area (Å²) in [6.07, 6.45) is -1.09. The maximum absolute atomic E-state index is 13.1. The molecule has 0 radical (unpaired) electrons. The van der Waals surface area contributed by atoms with Gasteiger partial charge in [-0.15, -0.1) is 0 Å². The van der Waals surface area contributed by atoms with Crippen LogP contribution >= 0.6 is 0 Å². The number of alkyl halides is 3. The van der Waals surface area contributed by atoms with Gasteiger partial charge in [-0.1, -0.05) is 13.0 Å². The molecule has 0 fully saturated rings. The second-order valence-corrected chi connectivity index (χ2v) is 6.17. The van der Waals surface area contributed by atoms with Crippen LogP contribution in [0, 0.1) is 5.92 Å². The first-order valence-electron chi connectivity index (χ1n) is 8.52. The highest BCUT2D eigenvalue weighted by Crippen LogP contribution is 2.31. The van der Waals surface area contributed by atoms with Gasteiger partial charge in [0.25, 0.3) is 5.91 Å². The third kappa shape index (κ3) is 4.38. The van der Waals surface area contributed by atoms with Crippen LogP contribution in [0.3, 0.4) is 0 Å². The van der Waals surface area contributed by atoms with Gasteiger partial charge in [0, 0.05) is 18.8 Å². The molecule has 0 spiro atoms. The van der Waals surface area contributed by atoms with Gasteiger partial charge in [-0.3, -0.25) is 14.6 Å². The SMILES string of the molecule is CCC1CN(C(=O)c2cccc(OCC(F)(F)F)n2)c2cnccc2NC1=O. The number of rotatable bonds is 4. The van der Waals surface area contributed by atoms with Crippen LogP contribution in [0.2, 0.25) is 0 Å². The standard InChI is InChI=1S/C18H17F3N4O3/c1-2-11-9-25(14-8-22-7-6-12(14)24-16(11)26)17(27)13-4-3-5-15(23-13)28-10-18(19,20)21/h3-8,11H,2,9-10H2,1H3,(H,24,26). The van der Waals surface area contributed by atoms with Crippen molar-refractivity contribution in [2.45, 2.75) is 19.5 Å². The van der Waals surface area contributed by atoms with Crippen molar-refractivity contribution in [1.29, 1.82) is 0 Å². The molecule has 3 heterocycles. The predicted octanol–water partition coefficient (Wildman–Crippen LogP) is 3.04. The zero-order valence-electron chi connectivity index (χ0n) is 14.9. The molecule has 1 N–H and O–H groups in total. The first-order chi connectivity index (χ1) is 13.3. The Morgan fingerprint density at radius 1 is 1.36 bits per heavy atom. The number of hydrogen-bond acceptors (Lipinski definition) is 5. The number of aromatic nitrogens is 2. The van der Waals surface area contributed by atoms with E-state index in [1.54, 1.807) is 6.07 Å². The van der Waals surface area contributed by atoms with Gasteiger partial charge < -0.3 is 15.0 Å². The van der Waals surface area contributed by atoms with E-state index in [-0.39, 0.29) is 24.0 Å². The summed E-state index contributed by atoms with van der Waals surface area (Å²) in [5.41, 5.74) is 0.715. The number of halogens is 3. The van der Waals surface area contributed by atoms with E-state index in [1.165, 1.54) is 35.5 Å². The van der Waals surface area contributed by atoms with Gasteiger partial charge in [-0.05, 0) is 18.6 Å². The van der Waals surface area contributed by atoms with Crippen LogP contribution in [0.15, 0.2) is 36.7 Å². The van der Waals surface area contributed by atoms with Gasteiger partial charge in [-0.25, -0.2) is 4.98 Å². The number of nitrogens with zero attached hydrogens (tertiary/aromatic N) is 3. The maximum atomic E-state index is 13.1. The van der Waals surface area contributed by atoms with Crippen LogP contribution in [0.25, 0.3) is 0 Å². The van der Waals surface area contributed by atoms with Crippen molar-refractivity contribution in [2.75, 3.05) is 23.4 Å². The molecule has 0 bridgehead atoms. The third-order valence-corrected chi connectivity index (χ3v) is 4.19. The summed E-state index contributed by atoms with van der Waals surface area (Å²) in [7, 11) is 0. The predicted molar refractivity (Wildman–Crippen MR) is 94.1 cm³/mol. The summed E-state index contributed by atoms with van der Waals surface area (Å²) in [5, 5.41) is 2.77. The molecule has 1 aliphatic heterocycles. The fourth-order valence-corrected chi connectivity index (χ4v) is 2.76. The first-order valence-corrected chi connectivity index (χ1v) is 8.52. The highest BCUT2D eigenvalue weighted by atomic mass is 19.4. The molecule has 1 aliphatic rings. The first kappa shape index (κ1) is 19.6. The number of amides is 2. The Morgan fingerprint density at radius 2 is 2.14 bits per heavy atom. The monoisotopic (exact) mass is 394 g/mol. The number of nitrogens with one attached hydrogen (secondary N) is 1. The molecule has 1 unspecified atom stereocenters. The summed E-state index contributed by atoms with van der Waals surface area (Å²) >= 11 is 0. The molecule has 2 amide bonds. The number of ether oxygens (including phenoxy) is 1. The van der Waals surface area contributed by atoms with E-state index < -0.39 is 24.6 Å². The molecule has 28 heavy (non-hydrogen) atoms. The Hall–Kier alpha value is -3.17. The summed E-state index contributed by atoms with van der Waals surface area (Å²) < 4.78 is 41.7. The Labute approximate surface area is 158 Å². The van der Waals surface area contributed by atoms with Crippen molar-refractivity contribution in [2.24, 2.45) is 5.92 Å². The zero-order valence-corrected chi connectivity index (χ0v) is 14.9. The molecule has 0 aliphatic carbocycles. The molecule has 7 nitrogen and oxygen atoms in total. The number of carbonyl (C=O) groups is 2. The van der Waals surface area contributed by atoms with Gasteiger partial charge in [-0.2, -0.15) is 13.2 Å². The van der Waals surface area contributed by atoms with Crippen LogP contribution < -0.4 is 15.0 Å². The van der Waals surface area contributed by atoms with E-state index in [4.69, 9.17) is 0 Å². The molecule has 0 saturated carbocycles. The quantitative estimate of drug-likeness (QED) is 0.862. The molecule has 3 rings (SSSR count). The van der Waals surface area contributed by atoms with Crippen molar-refractivity contribution in [3.8, 4) is 5.88 Å². The summed E-state index contributed by atoms with van der Waals surface area (Å²) in [5.74, 6) is -1.56. The molecule has 2 aromatic heterocycles. The number of carbonyl (C=O) groups excluding carboxylic acids is 2. The zero-order chi connectivity index (χ0) is 20.3. The number of anilines is 2. The smallest absolute Gasteiger partial charge is 0.422 e. The minimum atomic E-state index is -4.52. The van der Waals surface area contributed by atoms with Crippen molar-refractivity contribution in [1.82, 2.24) is 9.97 Å². The summed E-state index contributed by atoms with van der Waals surface area (Å²) in [4.78, 5) is 34.6. The van der Waals surface area contributed by atoms with Crippen molar-refractivity contribution in [3.05, 3.63) is 42.4 Å². The maximum Gasteiger partial charge on any atom is 0.422 e. The molecular weight excluding hydrogens is 377 g/mol. The van der Waals surface area contributed by atoms with Crippen LogP contribution in [-0.4, -0.2) is 41.1 Å². The van der Waals surface area contributed by atoms with Crippen molar-refractivity contribution < 1.29 is 27.5 Å². The van der Waals surface area contributed by atoms with Gasteiger partial charge in [0.15, 0.2) is 6.61 Å². The normalized spacial score (nSPS) is 16.8. The van der Waals surface area contributed by atoms with Gasteiger partial charge in [0.05, 0.1) is 23.5 Å². The highest BCUT2D eigenvalue weighted by molar-refractivity contribution is 6.10. The lowest BCUT2D eigenvalue weighted by Crippen LogP contribution is -2.37. The van der Waals surface area contributed by atoms with Crippen LogP contribution in [0.1, 0.15) is 23.8 Å². The lowest BCUT2D eigenvalue weighted by atomic mass is 10.1. The van der Waals surface area contributed by atoms with Gasteiger partial charge in [0.1, 0.15) is 5.69 Å². The molecule has 148 valence electrons. The van der Waals surface area contributed by atoms with E-state index in [1.807, 2.05) is 6.92 Å². The van der Waals surface area contributed by atoms with E-state index in [2.05, 4.69) is 20.0 Å². The fourth-order valence-electron chi connectivity index (χ4n) is 2.76. The second kappa shape index (κ2) is 7.83. The number of hydrogen-bond donors (Lipinski definition) is 1. The van der Waals surface area contributed by atoms with Gasteiger partial charge in [0.2, 0.25) is 11.8 Å². The van der Waals surface area contributed by atoms with Crippen molar-refractivity contribution >= 4 is 23.2 Å². The highest BCUT2D eigenvalue weighted by Gasteiger charge is 2.32. The minimum Gasteiger partial charge on any atom is -0.468 e. The third-order valence-electron chi connectivity index (χ3n) is 4.19. The second-order valence-electron chi connectivity index (χ2n) is 6.17. The molecule has 1 atom stereocenters. The average molecular weight is 394 g/mol. The summed E-state index contributed by atoms with van der Waals surface area (Å²) in [6.45, 7) is 0.407. The Bertz CT molecular complexity index is 888. The van der Waals surface area contributed by atoms with E-state index in [0.29, 0.717) is 17.8 Å². The molecule has 2 aromatic rings. The van der Waals surface area contributed by atoms with Gasteiger partial charge >= 0.3 is 6.18 Å². The minimum absolute atomic E-state index is 0.0924. The summed E-state index contributed by atoms with van der Waals surface area (Å²) in [6, 6.07) is 5.57. The molecule has 0 saturated heterocycles. The van der Waals surface area contributed by atoms with Crippen molar-refractivity contribution in [3.63, 3.8) is 0 Å². The van der Waals surface area contributed by atoms with E-state index in [0.717, 1.165) is 0 Å². The lowest BCUT2D eigenvalue weighted by molar-refractivity contribution is -0.154. The average Bonchev–Trinajstić information content (AvgIpc) is 2.81. The van der Waals surface area contributed by atoms with Crippen LogP contribution in [-0.2, 0) is 4.79 Å². The molecule has 0 aromatic carbocycles. The topological polar surface area (TPSA) is 84.4 Å². The van der Waals surface area contributed by atoms with E-state index in [9.17, 15) is 22.8 Å². The Morgan fingerprint density at radius 3 is 2.86 bits per heavy atom. The molecule has 10 heteroatoms. The van der Waals surface area contributed by atoms with Crippen LogP contribution in [0.5, 0.6) is 5.88 Å². The number of fused-ring (bicyclic) bond motifs is 1. The van der Waals surface area contributed by atoms with Crippen LogP contribution in [0.4, 0.5) is 24.5 Å². The fraction of sp³-hybridized carbons (Fsp3) is 0.333. The largest absolute Gasteiger partial charge is 0.468 e. The lowest BCUT2D eigenvalue weighted by Gasteiger charge is -2.23. The Kier molecular flexibility index (Phi) is 5.48. The molecular formula is C18H17F3N4O3. The Balaban J connectivity index is 1.91. The van der Waals surface area contributed by atoms with E-state index >= 15 is 0 Å².